The van der Waals surface area contributed by atoms with E-state index in [1.165, 1.54) is 103 Å². The van der Waals surface area contributed by atoms with Crippen LogP contribution in [0.1, 0.15) is 206 Å². The lowest BCUT2D eigenvalue weighted by atomic mass is 10.0. The Bertz CT molecular complexity index is 915. The van der Waals surface area contributed by atoms with Gasteiger partial charge in [0.15, 0.2) is 6.10 Å². The van der Waals surface area contributed by atoms with Gasteiger partial charge in [-0.05, 0) is 77.0 Å². The second-order valence-corrected chi connectivity index (χ2v) is 14.4. The Morgan fingerprint density at radius 3 is 1.25 bits per heavy atom. The summed E-state index contributed by atoms with van der Waals surface area (Å²) in [5.74, 6) is -0.613. The number of rotatable bonds is 39. The van der Waals surface area contributed by atoms with Gasteiger partial charge in [-0.2, -0.15) is 0 Å². The molecule has 0 aliphatic rings. The van der Waals surface area contributed by atoms with Gasteiger partial charge in [0.2, 0.25) is 0 Å². The highest BCUT2D eigenvalue weighted by Crippen LogP contribution is 2.14. The van der Waals surface area contributed by atoms with E-state index < -0.39 is 6.10 Å². The van der Waals surface area contributed by atoms with Gasteiger partial charge in [0.05, 0.1) is 6.61 Å². The third-order valence-corrected chi connectivity index (χ3v) is 9.30. The Balaban J connectivity index is 3.54. The first-order chi connectivity index (χ1) is 25.6. The fraction of sp³-hybridized carbons (Fsp3) is 0.745. The number of unbranched alkanes of at least 4 members (excludes halogenated alkanes) is 21. The van der Waals surface area contributed by atoms with Crippen LogP contribution in [-0.2, 0) is 19.1 Å². The van der Waals surface area contributed by atoms with Gasteiger partial charge >= 0.3 is 11.9 Å². The minimum atomic E-state index is -0.783. The highest BCUT2D eigenvalue weighted by molar-refractivity contribution is 5.70. The molecule has 0 amide bonds. The van der Waals surface area contributed by atoms with E-state index in [9.17, 15) is 14.7 Å². The number of aliphatic hydroxyl groups excluding tert-OH is 1. The van der Waals surface area contributed by atoms with Gasteiger partial charge in [-0.25, -0.2) is 0 Å². The fourth-order valence-electron chi connectivity index (χ4n) is 6.01. The summed E-state index contributed by atoms with van der Waals surface area (Å²) in [7, 11) is 0. The Morgan fingerprint density at radius 2 is 0.827 bits per heavy atom. The molecule has 0 aliphatic heterocycles. The number of aliphatic hydroxyl groups is 1. The van der Waals surface area contributed by atoms with Crippen molar-refractivity contribution in [2.24, 2.45) is 0 Å². The van der Waals surface area contributed by atoms with Crippen LogP contribution in [0.3, 0.4) is 0 Å². The zero-order valence-corrected chi connectivity index (χ0v) is 34.1. The number of carbonyl (C=O) groups is 2. The standard InChI is InChI=1S/C47H82O5/c1-3-5-7-9-11-13-15-17-19-20-21-22-23-24-25-26-28-29-31-33-35-37-39-41-46(49)51-44-45(43-48)52-47(50)42-40-38-36-34-32-30-27-18-16-14-12-10-8-6-4-2/h6,8,12,14-15,17-18,20-21,27,45,48H,3-5,7,9-11,13,16,19,22-26,28-44H2,1-2H3/b8-6-,14-12-,17-15-,21-20-,27-18-. The van der Waals surface area contributed by atoms with Gasteiger partial charge in [0.25, 0.3) is 0 Å². The second kappa shape index (κ2) is 43.0. The van der Waals surface area contributed by atoms with Crippen molar-refractivity contribution in [2.45, 2.75) is 213 Å². The molecule has 0 saturated heterocycles. The maximum Gasteiger partial charge on any atom is 0.306 e. The summed E-state index contributed by atoms with van der Waals surface area (Å²) in [5, 5.41) is 9.57. The molecule has 5 heteroatoms. The summed E-state index contributed by atoms with van der Waals surface area (Å²) in [6.07, 6.45) is 55.8. The van der Waals surface area contributed by atoms with E-state index in [-0.39, 0.29) is 25.2 Å². The van der Waals surface area contributed by atoms with Gasteiger partial charge in [0.1, 0.15) is 6.61 Å². The Hall–Kier alpha value is -2.40. The van der Waals surface area contributed by atoms with Crippen molar-refractivity contribution in [2.75, 3.05) is 13.2 Å². The molecule has 0 bridgehead atoms. The summed E-state index contributed by atoms with van der Waals surface area (Å²) >= 11 is 0. The summed E-state index contributed by atoms with van der Waals surface area (Å²) < 4.78 is 10.6. The van der Waals surface area contributed by atoms with E-state index in [0.717, 1.165) is 77.0 Å². The van der Waals surface area contributed by atoms with Crippen molar-refractivity contribution >= 4 is 11.9 Å². The number of carbonyl (C=O) groups excluding carboxylic acids is 2. The topological polar surface area (TPSA) is 72.8 Å². The van der Waals surface area contributed by atoms with Crippen molar-refractivity contribution in [3.05, 3.63) is 60.8 Å². The van der Waals surface area contributed by atoms with Crippen LogP contribution in [0.5, 0.6) is 0 Å². The Labute approximate surface area is 321 Å². The van der Waals surface area contributed by atoms with Crippen LogP contribution in [0.15, 0.2) is 60.8 Å². The molecule has 0 heterocycles. The average molecular weight is 727 g/mol. The molecule has 0 rings (SSSR count). The molecule has 5 nitrogen and oxygen atoms in total. The SMILES string of the molecule is CC/C=C\C/C=C\C/C=C\CCCCCCCC(=O)OC(CO)COC(=O)CCCCCCCCCCCCC/C=C\C/C=C\CCCCCCC. The van der Waals surface area contributed by atoms with Crippen molar-refractivity contribution in [3.8, 4) is 0 Å². The highest BCUT2D eigenvalue weighted by atomic mass is 16.6. The van der Waals surface area contributed by atoms with Crippen LogP contribution in [0.25, 0.3) is 0 Å². The monoisotopic (exact) mass is 727 g/mol. The van der Waals surface area contributed by atoms with E-state index in [2.05, 4.69) is 74.6 Å². The fourth-order valence-corrected chi connectivity index (χ4v) is 6.01. The van der Waals surface area contributed by atoms with Gasteiger partial charge in [-0.1, -0.05) is 177 Å². The normalized spacial score (nSPS) is 12.8. The smallest absolute Gasteiger partial charge is 0.306 e. The van der Waals surface area contributed by atoms with E-state index in [4.69, 9.17) is 9.47 Å². The molecule has 0 aromatic rings. The molecule has 0 fully saturated rings. The minimum Gasteiger partial charge on any atom is -0.462 e. The number of hydrogen-bond acceptors (Lipinski definition) is 5. The number of hydrogen-bond donors (Lipinski definition) is 1. The molecule has 0 radical (unpaired) electrons. The lowest BCUT2D eigenvalue weighted by Crippen LogP contribution is -2.28. The molecule has 300 valence electrons. The minimum absolute atomic E-state index is 0.0755. The van der Waals surface area contributed by atoms with Crippen LogP contribution in [0.4, 0.5) is 0 Å². The first-order valence-electron chi connectivity index (χ1n) is 21.8. The lowest BCUT2D eigenvalue weighted by molar-refractivity contribution is -0.161. The first-order valence-corrected chi connectivity index (χ1v) is 21.8. The van der Waals surface area contributed by atoms with Crippen molar-refractivity contribution in [1.82, 2.24) is 0 Å². The van der Waals surface area contributed by atoms with E-state index in [1.807, 2.05) is 0 Å². The molecule has 0 aliphatic carbocycles. The molecule has 0 spiro atoms. The first kappa shape index (κ1) is 49.6. The molecule has 0 aromatic carbocycles. The third-order valence-electron chi connectivity index (χ3n) is 9.30. The molecular formula is C47H82O5. The summed E-state index contributed by atoms with van der Waals surface area (Å²) in [6.45, 7) is 4.00. The maximum absolute atomic E-state index is 12.2. The molecule has 1 atom stereocenters. The van der Waals surface area contributed by atoms with Crippen LogP contribution >= 0.6 is 0 Å². The summed E-state index contributed by atoms with van der Waals surface area (Å²) in [5.41, 5.74) is 0. The second-order valence-electron chi connectivity index (χ2n) is 14.4. The summed E-state index contributed by atoms with van der Waals surface area (Å²) in [4.78, 5) is 24.3. The number of esters is 2. The van der Waals surface area contributed by atoms with Crippen LogP contribution < -0.4 is 0 Å². The van der Waals surface area contributed by atoms with Crippen LogP contribution in [0.2, 0.25) is 0 Å². The zero-order valence-electron chi connectivity index (χ0n) is 34.1. The molecule has 1 unspecified atom stereocenters. The van der Waals surface area contributed by atoms with Gasteiger partial charge in [0, 0.05) is 12.8 Å². The highest BCUT2D eigenvalue weighted by Gasteiger charge is 2.16. The van der Waals surface area contributed by atoms with Crippen molar-refractivity contribution in [3.63, 3.8) is 0 Å². The van der Waals surface area contributed by atoms with Gasteiger partial charge < -0.3 is 14.6 Å². The lowest BCUT2D eigenvalue weighted by Gasteiger charge is -2.15. The quantitative estimate of drug-likeness (QED) is 0.0388. The Morgan fingerprint density at radius 1 is 0.462 bits per heavy atom. The average Bonchev–Trinajstić information content (AvgIpc) is 3.15. The van der Waals surface area contributed by atoms with Gasteiger partial charge in [-0.15, -0.1) is 0 Å². The van der Waals surface area contributed by atoms with Crippen molar-refractivity contribution < 1.29 is 24.2 Å². The number of allylic oxidation sites excluding steroid dienone is 10. The van der Waals surface area contributed by atoms with Crippen LogP contribution in [-0.4, -0.2) is 36.4 Å². The Kier molecular flexibility index (Phi) is 41.0. The molecule has 52 heavy (non-hydrogen) atoms. The van der Waals surface area contributed by atoms with E-state index in [0.29, 0.717) is 12.8 Å². The third kappa shape index (κ3) is 40.4. The molecule has 0 saturated carbocycles. The summed E-state index contributed by atoms with van der Waals surface area (Å²) in [6, 6.07) is 0. The molecule has 0 aromatic heterocycles. The van der Waals surface area contributed by atoms with E-state index >= 15 is 0 Å². The zero-order chi connectivity index (χ0) is 37.8. The predicted molar refractivity (Wildman–Crippen MR) is 223 cm³/mol. The largest absolute Gasteiger partial charge is 0.462 e. The molecular weight excluding hydrogens is 645 g/mol. The molecule has 1 N–H and O–H groups in total. The predicted octanol–water partition coefficient (Wildman–Crippen LogP) is 14.0. The number of ether oxygens (including phenoxy) is 2. The van der Waals surface area contributed by atoms with Crippen molar-refractivity contribution in [1.29, 1.82) is 0 Å². The maximum atomic E-state index is 12.2. The van der Waals surface area contributed by atoms with Gasteiger partial charge in [-0.3, -0.25) is 9.59 Å². The van der Waals surface area contributed by atoms with E-state index in [1.54, 1.807) is 0 Å². The van der Waals surface area contributed by atoms with Crippen LogP contribution in [0, 0.1) is 0 Å².